The van der Waals surface area contributed by atoms with Crippen LogP contribution in [0.25, 0.3) is 0 Å². The molecule has 0 saturated carbocycles. The number of alkyl halides is 3. The van der Waals surface area contributed by atoms with Gasteiger partial charge in [-0.3, -0.25) is 4.79 Å². The van der Waals surface area contributed by atoms with E-state index in [2.05, 4.69) is 10.2 Å². The molecule has 0 N–H and O–H groups in total. The summed E-state index contributed by atoms with van der Waals surface area (Å²) in [6.07, 6.45) is -4.43. The average molecular weight is 205 g/mol. The van der Waals surface area contributed by atoms with Crippen LogP contribution in [0.3, 0.4) is 0 Å². The largest absolute Gasteiger partial charge is 0.451 e. The number of carbonyl (C=O) groups is 1. The van der Waals surface area contributed by atoms with Crippen LogP contribution in [0.4, 0.5) is 13.2 Å². The maximum Gasteiger partial charge on any atom is 0.451 e. The summed E-state index contributed by atoms with van der Waals surface area (Å²) < 4.78 is 37.9. The second-order valence-corrected chi connectivity index (χ2v) is 3.05. The van der Waals surface area contributed by atoms with Gasteiger partial charge in [0.25, 0.3) is 0 Å². The molecule has 0 saturated heterocycles. The first kappa shape index (κ1) is 9.17. The summed E-state index contributed by atoms with van der Waals surface area (Å²) in [7, 11) is 0. The molecule has 2 rings (SSSR count). The lowest BCUT2D eigenvalue weighted by Gasteiger charge is -2.14. The van der Waals surface area contributed by atoms with Crippen molar-refractivity contribution >= 4 is 5.78 Å². The second-order valence-electron chi connectivity index (χ2n) is 3.05. The predicted octanol–water partition coefficient (Wildman–Crippen LogP) is 0.812. The van der Waals surface area contributed by atoms with Gasteiger partial charge in [0.1, 0.15) is 11.6 Å². The van der Waals surface area contributed by atoms with E-state index in [-0.39, 0.29) is 31.0 Å². The molecular weight excluding hydrogens is 199 g/mol. The zero-order valence-electron chi connectivity index (χ0n) is 7.01. The molecule has 2 heterocycles. The van der Waals surface area contributed by atoms with Gasteiger partial charge in [0.05, 0.1) is 6.42 Å². The third-order valence-electron chi connectivity index (χ3n) is 2.05. The Labute approximate surface area is 76.7 Å². The third-order valence-corrected chi connectivity index (χ3v) is 2.05. The van der Waals surface area contributed by atoms with Gasteiger partial charge in [-0.15, -0.1) is 10.2 Å². The van der Waals surface area contributed by atoms with E-state index in [1.807, 2.05) is 0 Å². The van der Waals surface area contributed by atoms with Gasteiger partial charge in [0.15, 0.2) is 0 Å². The second kappa shape index (κ2) is 2.79. The van der Waals surface area contributed by atoms with Crippen LogP contribution < -0.4 is 0 Å². The van der Waals surface area contributed by atoms with Crippen molar-refractivity contribution in [3.8, 4) is 0 Å². The Kier molecular flexibility index (Phi) is 1.83. The molecule has 1 aliphatic rings. The fourth-order valence-electron chi connectivity index (χ4n) is 1.41. The number of hydrogen-bond acceptors (Lipinski definition) is 3. The number of fused-ring (bicyclic) bond motifs is 1. The van der Waals surface area contributed by atoms with Gasteiger partial charge in [-0.25, -0.2) is 0 Å². The van der Waals surface area contributed by atoms with Crippen LogP contribution in [-0.2, 0) is 23.9 Å². The van der Waals surface area contributed by atoms with Gasteiger partial charge in [0.2, 0.25) is 5.82 Å². The van der Waals surface area contributed by atoms with E-state index in [9.17, 15) is 18.0 Å². The van der Waals surface area contributed by atoms with Crippen LogP contribution in [0.1, 0.15) is 18.1 Å². The Morgan fingerprint density at radius 1 is 1.29 bits per heavy atom. The van der Waals surface area contributed by atoms with Gasteiger partial charge in [-0.1, -0.05) is 0 Å². The van der Waals surface area contributed by atoms with Crippen molar-refractivity contribution in [1.29, 1.82) is 0 Å². The Hall–Kier alpha value is -1.40. The van der Waals surface area contributed by atoms with E-state index >= 15 is 0 Å². The smallest absolute Gasteiger partial charge is 0.307 e. The van der Waals surface area contributed by atoms with Crippen molar-refractivity contribution in [2.75, 3.05) is 0 Å². The zero-order chi connectivity index (χ0) is 10.3. The molecule has 0 atom stereocenters. The summed E-state index contributed by atoms with van der Waals surface area (Å²) in [6, 6.07) is 0. The van der Waals surface area contributed by atoms with E-state index in [4.69, 9.17) is 0 Å². The monoisotopic (exact) mass is 205 g/mol. The molecule has 0 unspecified atom stereocenters. The lowest BCUT2D eigenvalue weighted by molar-refractivity contribution is -0.148. The van der Waals surface area contributed by atoms with Crippen molar-refractivity contribution in [3.05, 3.63) is 11.6 Å². The van der Waals surface area contributed by atoms with E-state index in [1.165, 1.54) is 0 Å². The minimum absolute atomic E-state index is 0.0238. The van der Waals surface area contributed by atoms with Crippen molar-refractivity contribution in [1.82, 2.24) is 14.8 Å². The van der Waals surface area contributed by atoms with Crippen LogP contribution in [0, 0.1) is 0 Å². The average Bonchev–Trinajstić information content (AvgIpc) is 2.45. The van der Waals surface area contributed by atoms with Crippen LogP contribution >= 0.6 is 0 Å². The topological polar surface area (TPSA) is 47.8 Å². The fraction of sp³-hybridized carbons (Fsp3) is 0.571. The quantitative estimate of drug-likeness (QED) is 0.629. The summed E-state index contributed by atoms with van der Waals surface area (Å²) in [4.78, 5) is 10.9. The van der Waals surface area contributed by atoms with E-state index in [0.29, 0.717) is 0 Å². The number of aromatic nitrogens is 3. The first-order valence-electron chi connectivity index (χ1n) is 3.99. The molecule has 0 aliphatic carbocycles. The maximum absolute atomic E-state index is 12.3. The molecule has 7 heteroatoms. The lowest BCUT2D eigenvalue weighted by atomic mass is 10.1. The molecule has 0 bridgehead atoms. The van der Waals surface area contributed by atoms with Crippen LogP contribution in [0.5, 0.6) is 0 Å². The van der Waals surface area contributed by atoms with Gasteiger partial charge in [-0.05, 0) is 0 Å². The summed E-state index contributed by atoms with van der Waals surface area (Å²) in [5.74, 6) is -1.01. The molecule has 0 fully saturated rings. The maximum atomic E-state index is 12.3. The molecule has 1 aliphatic heterocycles. The molecule has 76 valence electrons. The van der Waals surface area contributed by atoms with Crippen molar-refractivity contribution in [3.63, 3.8) is 0 Å². The summed E-state index contributed by atoms with van der Waals surface area (Å²) in [5.41, 5.74) is 0. The summed E-state index contributed by atoms with van der Waals surface area (Å²) >= 11 is 0. The van der Waals surface area contributed by atoms with Crippen molar-refractivity contribution in [2.45, 2.75) is 25.6 Å². The molecule has 0 spiro atoms. The molecule has 1 aromatic rings. The molecular formula is C7H6F3N3O. The highest BCUT2D eigenvalue weighted by atomic mass is 19.4. The highest BCUT2D eigenvalue weighted by Gasteiger charge is 2.39. The number of Topliss-reactive ketones (excluding diaryl/α,β-unsaturated/α-hetero) is 1. The van der Waals surface area contributed by atoms with Gasteiger partial charge >= 0.3 is 6.18 Å². The number of ketones is 1. The highest BCUT2D eigenvalue weighted by Crippen LogP contribution is 2.29. The van der Waals surface area contributed by atoms with Gasteiger partial charge in [0, 0.05) is 13.0 Å². The zero-order valence-corrected chi connectivity index (χ0v) is 7.01. The highest BCUT2D eigenvalue weighted by molar-refractivity contribution is 5.80. The molecule has 4 nitrogen and oxygen atoms in total. The van der Waals surface area contributed by atoms with Crippen molar-refractivity contribution < 1.29 is 18.0 Å². The Balaban J connectivity index is 2.43. The molecule has 1 aromatic heterocycles. The number of rotatable bonds is 0. The number of hydrogen-bond donors (Lipinski definition) is 0. The Morgan fingerprint density at radius 2 is 2.00 bits per heavy atom. The van der Waals surface area contributed by atoms with E-state index in [1.54, 1.807) is 0 Å². The first-order chi connectivity index (χ1) is 6.48. The lowest BCUT2D eigenvalue weighted by Crippen LogP contribution is -2.23. The van der Waals surface area contributed by atoms with E-state index in [0.717, 1.165) is 4.57 Å². The normalized spacial score (nSPS) is 16.9. The van der Waals surface area contributed by atoms with Crippen LogP contribution in [0.2, 0.25) is 0 Å². The molecule has 0 aromatic carbocycles. The van der Waals surface area contributed by atoms with Crippen LogP contribution in [0.15, 0.2) is 0 Å². The standard InChI is InChI=1S/C7H6F3N3O/c8-7(9,10)6-12-11-5-3-4(14)1-2-13(5)6/h1-3H2. The number of carbonyl (C=O) groups excluding carboxylic acids is 1. The third kappa shape index (κ3) is 1.38. The summed E-state index contributed by atoms with van der Waals surface area (Å²) in [5, 5.41) is 6.38. The SMILES string of the molecule is O=C1CCn2c(nnc2C(F)(F)F)C1. The summed E-state index contributed by atoms with van der Waals surface area (Å²) in [6.45, 7) is 0.0238. The fourth-order valence-corrected chi connectivity index (χ4v) is 1.41. The predicted molar refractivity (Wildman–Crippen MR) is 38.4 cm³/mol. The minimum Gasteiger partial charge on any atom is -0.307 e. The number of nitrogens with zero attached hydrogens (tertiary/aromatic N) is 3. The molecule has 14 heavy (non-hydrogen) atoms. The van der Waals surface area contributed by atoms with Gasteiger partial charge in [-0.2, -0.15) is 13.2 Å². The van der Waals surface area contributed by atoms with Gasteiger partial charge < -0.3 is 4.57 Å². The minimum atomic E-state index is -4.49. The van der Waals surface area contributed by atoms with Crippen molar-refractivity contribution in [2.24, 2.45) is 0 Å². The van der Waals surface area contributed by atoms with E-state index < -0.39 is 12.0 Å². The Bertz CT molecular complexity index is 382. The first-order valence-corrected chi connectivity index (χ1v) is 3.99. The van der Waals surface area contributed by atoms with Crippen LogP contribution in [-0.4, -0.2) is 20.5 Å². The Morgan fingerprint density at radius 3 is 2.64 bits per heavy atom. The molecule has 0 radical (unpaired) electrons. The number of halogens is 3. The molecule has 0 amide bonds.